The number of nitrogens with zero attached hydrogens (tertiary/aromatic N) is 2. The topological polar surface area (TPSA) is 38.1 Å². The second kappa shape index (κ2) is 2.95. The number of phenols is 1. The van der Waals surface area contributed by atoms with Gasteiger partial charge in [-0.3, -0.25) is 0 Å². The zero-order valence-corrected chi connectivity index (χ0v) is 8.15. The lowest BCUT2D eigenvalue weighted by molar-refractivity contribution is 0.320. The van der Waals surface area contributed by atoms with Crippen molar-refractivity contribution in [3.05, 3.63) is 24.3 Å². The number of imidazole rings is 1. The molecule has 1 aliphatic carbocycles. The standard InChI is InChI=1S/C11H11FN2O/c12-9-4-8(15)5-10-11(9)13-6-14(10)7-2-1-3-7/h4-7,15H,1-3H2. The second-order valence-electron chi connectivity index (χ2n) is 4.03. The van der Waals surface area contributed by atoms with E-state index in [0.717, 1.165) is 18.9 Å². The summed E-state index contributed by atoms with van der Waals surface area (Å²) in [5, 5.41) is 9.35. The van der Waals surface area contributed by atoms with E-state index in [1.165, 1.54) is 6.42 Å². The largest absolute Gasteiger partial charge is 0.508 e. The van der Waals surface area contributed by atoms with Crippen molar-refractivity contribution in [1.82, 2.24) is 9.55 Å². The van der Waals surface area contributed by atoms with Crippen LogP contribution in [0.2, 0.25) is 0 Å². The van der Waals surface area contributed by atoms with Crippen LogP contribution in [0.25, 0.3) is 11.0 Å². The smallest absolute Gasteiger partial charge is 0.154 e. The summed E-state index contributed by atoms with van der Waals surface area (Å²) in [5.41, 5.74) is 1.04. The Morgan fingerprint density at radius 2 is 2.20 bits per heavy atom. The van der Waals surface area contributed by atoms with Gasteiger partial charge in [-0.1, -0.05) is 0 Å². The van der Waals surface area contributed by atoms with Crippen molar-refractivity contribution in [2.45, 2.75) is 25.3 Å². The lowest BCUT2D eigenvalue weighted by Crippen LogP contribution is -2.15. The first-order valence-corrected chi connectivity index (χ1v) is 5.11. The molecular weight excluding hydrogens is 195 g/mol. The summed E-state index contributed by atoms with van der Waals surface area (Å²) < 4.78 is 15.4. The molecule has 0 unspecified atom stereocenters. The van der Waals surface area contributed by atoms with Gasteiger partial charge in [0, 0.05) is 18.2 Å². The maximum absolute atomic E-state index is 13.4. The fourth-order valence-electron chi connectivity index (χ4n) is 2.03. The van der Waals surface area contributed by atoms with E-state index in [1.54, 1.807) is 12.4 Å². The Labute approximate surface area is 86.2 Å². The summed E-state index contributed by atoms with van der Waals surface area (Å²) in [4.78, 5) is 4.04. The van der Waals surface area contributed by atoms with E-state index in [4.69, 9.17) is 0 Å². The van der Waals surface area contributed by atoms with Gasteiger partial charge in [-0.25, -0.2) is 9.37 Å². The summed E-state index contributed by atoms with van der Waals surface area (Å²) in [6, 6.07) is 3.10. The first-order valence-electron chi connectivity index (χ1n) is 5.11. The van der Waals surface area contributed by atoms with Gasteiger partial charge in [0.2, 0.25) is 0 Å². The zero-order chi connectivity index (χ0) is 10.4. The van der Waals surface area contributed by atoms with Crippen LogP contribution in [0.3, 0.4) is 0 Å². The van der Waals surface area contributed by atoms with Crippen molar-refractivity contribution in [2.24, 2.45) is 0 Å². The maximum atomic E-state index is 13.4. The fourth-order valence-corrected chi connectivity index (χ4v) is 2.03. The molecule has 78 valence electrons. The highest BCUT2D eigenvalue weighted by Gasteiger charge is 2.22. The molecule has 3 nitrogen and oxygen atoms in total. The van der Waals surface area contributed by atoms with Gasteiger partial charge in [-0.15, -0.1) is 0 Å². The van der Waals surface area contributed by atoms with E-state index in [0.29, 0.717) is 17.1 Å². The Morgan fingerprint density at radius 3 is 2.87 bits per heavy atom. The molecule has 3 rings (SSSR count). The normalized spacial score (nSPS) is 16.9. The van der Waals surface area contributed by atoms with E-state index in [9.17, 15) is 9.50 Å². The number of phenolic OH excluding ortho intramolecular Hbond substituents is 1. The number of benzene rings is 1. The Morgan fingerprint density at radius 1 is 1.40 bits per heavy atom. The lowest BCUT2D eigenvalue weighted by atomic mass is 9.93. The molecule has 0 bridgehead atoms. The highest BCUT2D eigenvalue weighted by molar-refractivity contribution is 5.77. The number of hydrogen-bond donors (Lipinski definition) is 1. The van der Waals surface area contributed by atoms with Gasteiger partial charge in [0.05, 0.1) is 11.8 Å². The molecule has 4 heteroatoms. The van der Waals surface area contributed by atoms with Crippen LogP contribution in [0.4, 0.5) is 4.39 Å². The molecule has 0 spiro atoms. The SMILES string of the molecule is Oc1cc(F)c2ncn(C3CCC3)c2c1. The Kier molecular flexibility index (Phi) is 1.71. The van der Waals surface area contributed by atoms with Crippen molar-refractivity contribution in [3.63, 3.8) is 0 Å². The monoisotopic (exact) mass is 206 g/mol. The van der Waals surface area contributed by atoms with Crippen molar-refractivity contribution < 1.29 is 9.50 Å². The van der Waals surface area contributed by atoms with Gasteiger partial charge < -0.3 is 9.67 Å². The number of hydrogen-bond acceptors (Lipinski definition) is 2. The zero-order valence-electron chi connectivity index (χ0n) is 8.15. The summed E-state index contributed by atoms with van der Waals surface area (Å²) in [6.45, 7) is 0. The number of aromatic hydroxyl groups is 1. The van der Waals surface area contributed by atoms with E-state index >= 15 is 0 Å². The lowest BCUT2D eigenvalue weighted by Gasteiger charge is -2.27. The van der Waals surface area contributed by atoms with E-state index in [-0.39, 0.29) is 5.75 Å². The summed E-state index contributed by atoms with van der Waals surface area (Å²) in [6.07, 6.45) is 5.11. The van der Waals surface area contributed by atoms with Crippen LogP contribution in [0.1, 0.15) is 25.3 Å². The molecule has 0 atom stereocenters. The summed E-state index contributed by atoms with van der Waals surface area (Å²) in [7, 11) is 0. The van der Waals surface area contributed by atoms with Gasteiger partial charge in [-0.2, -0.15) is 0 Å². The molecule has 1 aliphatic rings. The molecule has 1 aromatic carbocycles. The summed E-state index contributed by atoms with van der Waals surface area (Å²) >= 11 is 0. The van der Waals surface area contributed by atoms with E-state index in [1.807, 2.05) is 4.57 Å². The third-order valence-electron chi connectivity index (χ3n) is 3.09. The van der Waals surface area contributed by atoms with Crippen LogP contribution in [0, 0.1) is 5.82 Å². The minimum absolute atomic E-state index is 0.0407. The number of halogens is 1. The summed E-state index contributed by atoms with van der Waals surface area (Å²) in [5.74, 6) is -0.496. The maximum Gasteiger partial charge on any atom is 0.154 e. The van der Waals surface area contributed by atoms with Crippen molar-refractivity contribution in [2.75, 3.05) is 0 Å². The van der Waals surface area contributed by atoms with Crippen LogP contribution < -0.4 is 0 Å². The average Bonchev–Trinajstić information content (AvgIpc) is 2.46. The highest BCUT2D eigenvalue weighted by atomic mass is 19.1. The van der Waals surface area contributed by atoms with Crippen LogP contribution in [0.5, 0.6) is 5.75 Å². The van der Waals surface area contributed by atoms with Gasteiger partial charge >= 0.3 is 0 Å². The Hall–Kier alpha value is -1.58. The number of aromatic nitrogens is 2. The Bertz CT molecular complexity index is 517. The van der Waals surface area contributed by atoms with E-state index < -0.39 is 5.82 Å². The fraction of sp³-hybridized carbons (Fsp3) is 0.364. The molecule has 1 N–H and O–H groups in total. The predicted octanol–water partition coefficient (Wildman–Crippen LogP) is 2.61. The highest BCUT2D eigenvalue weighted by Crippen LogP contribution is 2.35. The van der Waals surface area contributed by atoms with Crippen LogP contribution in [-0.2, 0) is 0 Å². The molecule has 1 saturated carbocycles. The average molecular weight is 206 g/mol. The Balaban J connectivity index is 2.23. The molecule has 0 radical (unpaired) electrons. The van der Waals surface area contributed by atoms with Crippen LogP contribution in [0.15, 0.2) is 18.5 Å². The van der Waals surface area contributed by atoms with Gasteiger partial charge in [-0.05, 0) is 19.3 Å². The molecular formula is C11H11FN2O. The molecule has 1 aromatic heterocycles. The first kappa shape index (κ1) is 8.71. The van der Waals surface area contributed by atoms with Gasteiger partial charge in [0.15, 0.2) is 5.82 Å². The molecule has 0 aliphatic heterocycles. The second-order valence-corrected chi connectivity index (χ2v) is 4.03. The molecule has 1 heterocycles. The number of rotatable bonds is 1. The third kappa shape index (κ3) is 1.21. The van der Waals surface area contributed by atoms with Crippen LogP contribution >= 0.6 is 0 Å². The van der Waals surface area contributed by atoms with E-state index in [2.05, 4.69) is 4.98 Å². The molecule has 0 amide bonds. The van der Waals surface area contributed by atoms with Crippen molar-refractivity contribution >= 4 is 11.0 Å². The third-order valence-corrected chi connectivity index (χ3v) is 3.09. The van der Waals surface area contributed by atoms with Crippen molar-refractivity contribution in [3.8, 4) is 5.75 Å². The van der Waals surface area contributed by atoms with Crippen molar-refractivity contribution in [1.29, 1.82) is 0 Å². The molecule has 15 heavy (non-hydrogen) atoms. The minimum Gasteiger partial charge on any atom is -0.508 e. The molecule has 0 saturated heterocycles. The van der Waals surface area contributed by atoms with Gasteiger partial charge in [0.25, 0.3) is 0 Å². The molecule has 1 fully saturated rings. The molecule has 2 aromatic rings. The number of fused-ring (bicyclic) bond motifs is 1. The van der Waals surface area contributed by atoms with Gasteiger partial charge in [0.1, 0.15) is 11.3 Å². The van der Waals surface area contributed by atoms with Crippen LogP contribution in [-0.4, -0.2) is 14.7 Å². The quantitative estimate of drug-likeness (QED) is 0.778. The predicted molar refractivity (Wildman–Crippen MR) is 54.2 cm³/mol. The first-order chi connectivity index (χ1) is 7.25. The minimum atomic E-state index is -0.455.